The summed E-state index contributed by atoms with van der Waals surface area (Å²) in [7, 11) is 0. The van der Waals surface area contributed by atoms with Crippen LogP contribution in [0.4, 0.5) is 0 Å². The second-order valence-corrected chi connectivity index (χ2v) is 9.23. The summed E-state index contributed by atoms with van der Waals surface area (Å²) < 4.78 is 3.19. The molecule has 5 rings (SSSR count). The van der Waals surface area contributed by atoms with Crippen molar-refractivity contribution in [2.75, 3.05) is 0 Å². The molecule has 0 bridgehead atoms. The lowest BCUT2D eigenvalue weighted by molar-refractivity contribution is 0.391. The van der Waals surface area contributed by atoms with Gasteiger partial charge in [-0.15, -0.1) is 11.3 Å². The first-order valence-corrected chi connectivity index (χ1v) is 11.6. The van der Waals surface area contributed by atoms with Gasteiger partial charge in [-0.1, -0.05) is 49.9 Å². The largest absolute Gasteiger partial charge is 0.336 e. The number of thiophene rings is 1. The highest BCUT2D eigenvalue weighted by atomic mass is 32.1. The minimum atomic E-state index is -0.253. The Labute approximate surface area is 178 Å². The molecule has 0 spiro atoms. The Hall–Kier alpha value is -2.73. The molecule has 4 aromatic rings. The summed E-state index contributed by atoms with van der Waals surface area (Å²) in [5, 5.41) is 4.42. The van der Waals surface area contributed by atoms with E-state index in [-0.39, 0.29) is 11.2 Å². The normalized spacial score (nSPS) is 15.6. The van der Waals surface area contributed by atoms with Crippen LogP contribution in [0.1, 0.15) is 44.1 Å². The quantitative estimate of drug-likeness (QED) is 0.437. The Morgan fingerprint density at radius 2 is 1.83 bits per heavy atom. The van der Waals surface area contributed by atoms with Gasteiger partial charge in [-0.2, -0.15) is 0 Å². The molecule has 30 heavy (non-hydrogen) atoms. The van der Waals surface area contributed by atoms with Gasteiger partial charge in [-0.05, 0) is 36.6 Å². The Balaban J connectivity index is 1.77. The minimum absolute atomic E-state index is 0.246. The first-order chi connectivity index (χ1) is 14.6. The minimum Gasteiger partial charge on any atom is -0.284 e. The van der Waals surface area contributed by atoms with E-state index in [1.807, 2.05) is 41.1 Å². The molecule has 0 radical (unpaired) electrons. The van der Waals surface area contributed by atoms with E-state index in [4.69, 9.17) is 0 Å². The average Bonchev–Trinajstić information content (AvgIpc) is 2.96. The van der Waals surface area contributed by atoms with Gasteiger partial charge in [-0.3, -0.25) is 14.3 Å². The highest BCUT2D eigenvalue weighted by Crippen LogP contribution is 2.28. The van der Waals surface area contributed by atoms with E-state index >= 15 is 0 Å². The number of aryl methyl sites for hydroxylation is 1. The van der Waals surface area contributed by atoms with Crippen LogP contribution in [0.15, 0.2) is 51.6 Å². The van der Waals surface area contributed by atoms with Crippen molar-refractivity contribution < 1.29 is 0 Å². The van der Waals surface area contributed by atoms with Crippen LogP contribution in [-0.2, 0) is 6.54 Å². The van der Waals surface area contributed by atoms with Gasteiger partial charge in [0.2, 0.25) is 0 Å². The third-order valence-corrected chi connectivity index (χ3v) is 7.46. The first-order valence-electron chi connectivity index (χ1n) is 10.7. The van der Waals surface area contributed by atoms with Crippen LogP contribution in [0.5, 0.6) is 0 Å². The van der Waals surface area contributed by atoms with Gasteiger partial charge in [0.25, 0.3) is 5.56 Å². The predicted octanol–water partition coefficient (Wildman–Crippen LogP) is 5.04. The van der Waals surface area contributed by atoms with Gasteiger partial charge in [-0.25, -0.2) is 9.36 Å². The number of hydrogen-bond donors (Lipinski definition) is 0. The van der Waals surface area contributed by atoms with Crippen LogP contribution in [0.3, 0.4) is 0 Å². The lowest BCUT2D eigenvalue weighted by atomic mass is 10.0. The molecule has 3 heterocycles. The summed E-state index contributed by atoms with van der Waals surface area (Å²) >= 11 is 1.50. The molecule has 1 fully saturated rings. The van der Waals surface area contributed by atoms with Crippen LogP contribution >= 0.6 is 11.3 Å². The fourth-order valence-corrected chi connectivity index (χ4v) is 5.80. The zero-order valence-electron chi connectivity index (χ0n) is 17.1. The molecule has 1 aliphatic rings. The zero-order chi connectivity index (χ0) is 20.7. The van der Waals surface area contributed by atoms with Crippen molar-refractivity contribution in [2.45, 2.75) is 52.0 Å². The standard InChI is InChI=1S/C24H25N3O2S/c1-16-15-30-23-21(16)22(28)27(20-13-25-12-18-10-6-7-11-19(18)20)24(29)26(23)14-17-8-4-2-3-5-9-17/h6-7,10-13,15,17H,2-5,8-9,14H2,1H3. The summed E-state index contributed by atoms with van der Waals surface area (Å²) in [5.41, 5.74) is 0.988. The lowest BCUT2D eigenvalue weighted by Gasteiger charge is -2.18. The van der Waals surface area contributed by atoms with Crippen molar-refractivity contribution in [1.82, 2.24) is 14.1 Å². The third kappa shape index (κ3) is 3.19. The number of hydrogen-bond acceptors (Lipinski definition) is 4. The molecule has 0 saturated heterocycles. The van der Waals surface area contributed by atoms with E-state index in [2.05, 4.69) is 4.98 Å². The number of nitrogens with zero attached hydrogens (tertiary/aromatic N) is 3. The lowest BCUT2D eigenvalue weighted by Crippen LogP contribution is -2.39. The van der Waals surface area contributed by atoms with E-state index in [0.717, 1.165) is 34.0 Å². The number of rotatable bonds is 3. The van der Waals surface area contributed by atoms with Gasteiger partial charge < -0.3 is 0 Å². The smallest absolute Gasteiger partial charge is 0.284 e. The molecule has 0 atom stereocenters. The number of pyridine rings is 1. The van der Waals surface area contributed by atoms with Crippen LogP contribution < -0.4 is 11.2 Å². The number of aromatic nitrogens is 3. The molecule has 154 valence electrons. The van der Waals surface area contributed by atoms with Crippen LogP contribution in [0, 0.1) is 12.8 Å². The third-order valence-electron chi connectivity index (χ3n) is 6.34. The Morgan fingerprint density at radius 1 is 1.07 bits per heavy atom. The van der Waals surface area contributed by atoms with Crippen molar-refractivity contribution in [2.24, 2.45) is 5.92 Å². The van der Waals surface area contributed by atoms with E-state index < -0.39 is 0 Å². The summed E-state index contributed by atoms with van der Waals surface area (Å²) in [6.45, 7) is 2.63. The Bertz CT molecular complexity index is 1340. The first kappa shape index (κ1) is 19.2. The maximum absolute atomic E-state index is 13.7. The van der Waals surface area contributed by atoms with Crippen LogP contribution in [-0.4, -0.2) is 14.1 Å². The molecule has 1 aliphatic carbocycles. The fraction of sp³-hybridized carbons (Fsp3) is 0.375. The SMILES string of the molecule is Cc1csc2c1c(=O)n(-c1cncc3ccccc13)c(=O)n2CC1CCCCCC1. The maximum atomic E-state index is 13.7. The van der Waals surface area contributed by atoms with Gasteiger partial charge >= 0.3 is 5.69 Å². The molecule has 0 aliphatic heterocycles. The molecule has 1 saturated carbocycles. The molecule has 3 aromatic heterocycles. The maximum Gasteiger partial charge on any atom is 0.336 e. The molecule has 1 aromatic carbocycles. The zero-order valence-corrected chi connectivity index (χ0v) is 18.0. The van der Waals surface area contributed by atoms with Gasteiger partial charge in [0.15, 0.2) is 0 Å². The van der Waals surface area contributed by atoms with E-state index in [1.165, 1.54) is 41.6 Å². The van der Waals surface area contributed by atoms with Crippen molar-refractivity contribution in [3.05, 3.63) is 68.4 Å². The highest BCUT2D eigenvalue weighted by Gasteiger charge is 2.22. The van der Waals surface area contributed by atoms with Crippen LogP contribution in [0.25, 0.3) is 26.7 Å². The van der Waals surface area contributed by atoms with Gasteiger partial charge in [0, 0.05) is 23.5 Å². The van der Waals surface area contributed by atoms with Gasteiger partial charge in [0.05, 0.1) is 17.3 Å². The molecular weight excluding hydrogens is 394 g/mol. The summed E-state index contributed by atoms with van der Waals surface area (Å²) in [6.07, 6.45) is 10.7. The summed E-state index contributed by atoms with van der Waals surface area (Å²) in [4.78, 5) is 32.3. The topological polar surface area (TPSA) is 56.9 Å². The predicted molar refractivity (Wildman–Crippen MR) is 123 cm³/mol. The molecular formula is C24H25N3O2S. The highest BCUT2D eigenvalue weighted by molar-refractivity contribution is 7.17. The van der Waals surface area contributed by atoms with Crippen molar-refractivity contribution in [1.29, 1.82) is 0 Å². The summed E-state index contributed by atoms with van der Waals surface area (Å²) in [6, 6.07) is 7.76. The molecule has 0 N–H and O–H groups in total. The Morgan fingerprint density at radius 3 is 2.63 bits per heavy atom. The Kier molecular flexibility index (Phi) is 5.03. The molecule has 0 unspecified atom stereocenters. The molecule has 0 amide bonds. The van der Waals surface area contributed by atoms with Crippen molar-refractivity contribution in [3.8, 4) is 5.69 Å². The second kappa shape index (κ2) is 7.84. The second-order valence-electron chi connectivity index (χ2n) is 8.37. The monoisotopic (exact) mass is 419 g/mol. The number of benzene rings is 1. The van der Waals surface area contributed by atoms with Crippen molar-refractivity contribution in [3.63, 3.8) is 0 Å². The average molecular weight is 420 g/mol. The molecule has 5 nitrogen and oxygen atoms in total. The van der Waals surface area contributed by atoms with Gasteiger partial charge in [0.1, 0.15) is 4.83 Å². The number of fused-ring (bicyclic) bond motifs is 2. The van der Waals surface area contributed by atoms with Crippen molar-refractivity contribution >= 4 is 32.3 Å². The van der Waals surface area contributed by atoms with Crippen LogP contribution in [0.2, 0.25) is 0 Å². The van der Waals surface area contributed by atoms with E-state index in [9.17, 15) is 9.59 Å². The fourth-order valence-electron chi connectivity index (χ4n) is 4.75. The summed E-state index contributed by atoms with van der Waals surface area (Å²) in [5.74, 6) is 0.479. The van der Waals surface area contributed by atoms with E-state index in [0.29, 0.717) is 23.5 Å². The van der Waals surface area contributed by atoms with E-state index in [1.54, 1.807) is 12.4 Å². The molecule has 6 heteroatoms.